The first-order valence-corrected chi connectivity index (χ1v) is 11.4. The second kappa shape index (κ2) is 8.46. The van der Waals surface area contributed by atoms with Crippen molar-refractivity contribution < 1.29 is 13.2 Å². The molecule has 1 fully saturated rings. The summed E-state index contributed by atoms with van der Waals surface area (Å²) in [4.78, 5) is 11.5. The van der Waals surface area contributed by atoms with Gasteiger partial charge in [0.2, 0.25) is 15.9 Å². The SMILES string of the molecule is CC(=O)Nc1ccc(S(=O)(=O)N2CCSC(c3ccccc3)CC2)c(C)c1. The minimum absolute atomic E-state index is 0.179. The summed E-state index contributed by atoms with van der Waals surface area (Å²) in [5.74, 6) is 0.587. The second-order valence-corrected chi connectivity index (χ2v) is 9.84. The lowest BCUT2D eigenvalue weighted by Gasteiger charge is -2.21. The maximum absolute atomic E-state index is 13.2. The zero-order valence-electron chi connectivity index (χ0n) is 15.5. The molecule has 0 saturated carbocycles. The van der Waals surface area contributed by atoms with E-state index in [1.165, 1.54) is 12.5 Å². The molecular weight excluding hydrogens is 380 g/mol. The van der Waals surface area contributed by atoms with Gasteiger partial charge in [0.25, 0.3) is 0 Å². The third kappa shape index (κ3) is 4.72. The Morgan fingerprint density at radius 2 is 1.89 bits per heavy atom. The van der Waals surface area contributed by atoms with Gasteiger partial charge in [-0.3, -0.25) is 4.79 Å². The maximum Gasteiger partial charge on any atom is 0.243 e. The zero-order valence-corrected chi connectivity index (χ0v) is 17.1. The number of nitrogens with one attached hydrogen (secondary N) is 1. The van der Waals surface area contributed by atoms with Crippen LogP contribution in [0.25, 0.3) is 0 Å². The molecule has 1 unspecified atom stereocenters. The first-order valence-electron chi connectivity index (χ1n) is 8.93. The third-order valence-electron chi connectivity index (χ3n) is 4.58. The van der Waals surface area contributed by atoms with Gasteiger partial charge in [0.05, 0.1) is 4.90 Å². The third-order valence-corrected chi connectivity index (χ3v) is 7.97. The van der Waals surface area contributed by atoms with Crippen LogP contribution in [-0.2, 0) is 14.8 Å². The van der Waals surface area contributed by atoms with Crippen LogP contribution in [0, 0.1) is 6.92 Å². The molecule has 0 aromatic heterocycles. The largest absolute Gasteiger partial charge is 0.326 e. The number of carbonyl (C=O) groups is 1. The molecule has 5 nitrogen and oxygen atoms in total. The van der Waals surface area contributed by atoms with Crippen LogP contribution in [0.15, 0.2) is 53.4 Å². The summed E-state index contributed by atoms with van der Waals surface area (Å²) in [6, 6.07) is 15.2. The Morgan fingerprint density at radius 1 is 1.15 bits per heavy atom. The number of sulfonamides is 1. The van der Waals surface area contributed by atoms with Crippen LogP contribution in [-0.4, -0.2) is 37.5 Å². The fourth-order valence-corrected chi connectivity index (χ4v) is 6.29. The number of carbonyl (C=O) groups excluding carboxylic acids is 1. The molecule has 0 spiro atoms. The van der Waals surface area contributed by atoms with Crippen LogP contribution in [0.4, 0.5) is 5.69 Å². The summed E-state index contributed by atoms with van der Waals surface area (Å²) in [7, 11) is -3.56. The minimum atomic E-state index is -3.56. The standard InChI is InChI=1S/C20H24N2O3S2/c1-15-14-18(21-16(2)23)8-9-20(15)27(24,25)22-11-10-19(26-13-12-22)17-6-4-3-5-7-17/h3-9,14,19H,10-13H2,1-2H3,(H,21,23). The smallest absolute Gasteiger partial charge is 0.243 e. The first kappa shape index (κ1) is 19.9. The van der Waals surface area contributed by atoms with E-state index in [0.717, 1.165) is 12.2 Å². The van der Waals surface area contributed by atoms with Crippen molar-refractivity contribution in [1.29, 1.82) is 0 Å². The van der Waals surface area contributed by atoms with E-state index in [9.17, 15) is 13.2 Å². The van der Waals surface area contributed by atoms with Gasteiger partial charge in [-0.15, -0.1) is 0 Å². The highest BCUT2D eigenvalue weighted by atomic mass is 32.2. The normalized spacial score (nSPS) is 18.7. The van der Waals surface area contributed by atoms with Crippen LogP contribution < -0.4 is 5.32 Å². The van der Waals surface area contributed by atoms with Crippen molar-refractivity contribution in [3.05, 3.63) is 59.7 Å². The average Bonchev–Trinajstić information content (AvgIpc) is 2.88. The molecule has 27 heavy (non-hydrogen) atoms. The summed E-state index contributed by atoms with van der Waals surface area (Å²) in [6.07, 6.45) is 0.789. The van der Waals surface area contributed by atoms with Crippen LogP contribution in [0.3, 0.4) is 0 Å². The van der Waals surface area contributed by atoms with Crippen molar-refractivity contribution in [3.8, 4) is 0 Å². The molecule has 0 aliphatic carbocycles. The summed E-state index contributed by atoms with van der Waals surface area (Å²) in [5, 5.41) is 3.00. The average molecular weight is 405 g/mol. The topological polar surface area (TPSA) is 66.5 Å². The Hall–Kier alpha value is -1.83. The van der Waals surface area contributed by atoms with Gasteiger partial charge >= 0.3 is 0 Å². The maximum atomic E-state index is 13.2. The van der Waals surface area contributed by atoms with E-state index in [2.05, 4.69) is 17.4 Å². The first-order chi connectivity index (χ1) is 12.9. The molecule has 1 aliphatic heterocycles. The number of amides is 1. The molecule has 1 aliphatic rings. The van der Waals surface area contributed by atoms with E-state index >= 15 is 0 Å². The fraction of sp³-hybridized carbons (Fsp3) is 0.350. The molecule has 1 amide bonds. The molecular formula is C20H24N2O3S2. The minimum Gasteiger partial charge on any atom is -0.326 e. The van der Waals surface area contributed by atoms with Crippen LogP contribution >= 0.6 is 11.8 Å². The van der Waals surface area contributed by atoms with E-state index < -0.39 is 10.0 Å². The van der Waals surface area contributed by atoms with Gasteiger partial charge in [0, 0.05) is 36.7 Å². The molecule has 144 valence electrons. The van der Waals surface area contributed by atoms with Crippen molar-refractivity contribution in [2.24, 2.45) is 0 Å². The van der Waals surface area contributed by atoms with Crippen molar-refractivity contribution in [1.82, 2.24) is 4.31 Å². The quantitative estimate of drug-likeness (QED) is 0.841. The van der Waals surface area contributed by atoms with Gasteiger partial charge < -0.3 is 5.32 Å². The number of thioether (sulfide) groups is 1. The molecule has 1 heterocycles. The lowest BCUT2D eigenvalue weighted by molar-refractivity contribution is -0.114. The number of benzene rings is 2. The number of anilines is 1. The molecule has 2 aromatic rings. The van der Waals surface area contributed by atoms with Gasteiger partial charge in [-0.05, 0) is 42.7 Å². The van der Waals surface area contributed by atoms with Crippen LogP contribution in [0.2, 0.25) is 0 Å². The Bertz CT molecular complexity index is 914. The summed E-state index contributed by atoms with van der Waals surface area (Å²) >= 11 is 1.81. The number of rotatable bonds is 4. The summed E-state index contributed by atoms with van der Waals surface area (Å²) < 4.78 is 27.9. The Morgan fingerprint density at radius 3 is 2.56 bits per heavy atom. The van der Waals surface area contributed by atoms with Gasteiger partial charge in [-0.2, -0.15) is 16.1 Å². The van der Waals surface area contributed by atoms with Gasteiger partial charge in [-0.25, -0.2) is 8.42 Å². The Kier molecular flexibility index (Phi) is 6.24. The molecule has 0 bridgehead atoms. The highest BCUT2D eigenvalue weighted by molar-refractivity contribution is 7.99. The second-order valence-electron chi connectivity index (χ2n) is 6.62. The zero-order chi connectivity index (χ0) is 19.4. The Labute approximate surface area is 165 Å². The number of hydrogen-bond donors (Lipinski definition) is 1. The highest BCUT2D eigenvalue weighted by Gasteiger charge is 2.29. The molecule has 0 radical (unpaired) electrons. The number of aryl methyl sites for hydroxylation is 1. The monoisotopic (exact) mass is 404 g/mol. The fourth-order valence-electron chi connectivity index (χ4n) is 3.28. The predicted octanol–water partition coefficient (Wildman–Crippen LogP) is 3.82. The van der Waals surface area contributed by atoms with E-state index in [0.29, 0.717) is 34.5 Å². The van der Waals surface area contributed by atoms with Crippen molar-refractivity contribution in [2.45, 2.75) is 30.4 Å². The molecule has 1 N–H and O–H groups in total. The van der Waals surface area contributed by atoms with E-state index in [1.54, 1.807) is 29.4 Å². The van der Waals surface area contributed by atoms with Crippen LogP contribution in [0.5, 0.6) is 0 Å². The lowest BCUT2D eigenvalue weighted by Crippen LogP contribution is -2.33. The lowest BCUT2D eigenvalue weighted by atomic mass is 10.1. The molecule has 7 heteroatoms. The molecule has 1 saturated heterocycles. The molecule has 1 atom stereocenters. The summed E-state index contributed by atoms with van der Waals surface area (Å²) in [5.41, 5.74) is 2.49. The highest BCUT2D eigenvalue weighted by Crippen LogP contribution is 2.35. The van der Waals surface area contributed by atoms with Crippen molar-refractivity contribution in [3.63, 3.8) is 0 Å². The Balaban J connectivity index is 1.78. The van der Waals surface area contributed by atoms with E-state index in [-0.39, 0.29) is 5.91 Å². The van der Waals surface area contributed by atoms with E-state index in [1.807, 2.05) is 30.0 Å². The predicted molar refractivity (Wildman–Crippen MR) is 110 cm³/mol. The number of nitrogens with zero attached hydrogens (tertiary/aromatic N) is 1. The van der Waals surface area contributed by atoms with Crippen molar-refractivity contribution >= 4 is 33.4 Å². The van der Waals surface area contributed by atoms with Crippen LogP contribution in [0.1, 0.15) is 29.7 Å². The molecule has 3 rings (SSSR count). The van der Waals surface area contributed by atoms with Gasteiger partial charge in [0.1, 0.15) is 0 Å². The van der Waals surface area contributed by atoms with E-state index in [4.69, 9.17) is 0 Å². The van der Waals surface area contributed by atoms with Gasteiger partial charge in [0.15, 0.2) is 0 Å². The molecule has 2 aromatic carbocycles. The number of hydrogen-bond acceptors (Lipinski definition) is 4. The van der Waals surface area contributed by atoms with Crippen molar-refractivity contribution in [2.75, 3.05) is 24.2 Å². The van der Waals surface area contributed by atoms with Gasteiger partial charge in [-0.1, -0.05) is 30.3 Å². The summed E-state index contributed by atoms with van der Waals surface area (Å²) in [6.45, 7) is 4.20.